The first kappa shape index (κ1) is 41.5. The van der Waals surface area contributed by atoms with E-state index in [0.29, 0.717) is 30.7 Å². The molecule has 0 amide bonds. The number of ether oxygens (including phenoxy) is 2. The van der Waals surface area contributed by atoms with Gasteiger partial charge < -0.3 is 14.4 Å². The van der Waals surface area contributed by atoms with Crippen molar-refractivity contribution in [1.82, 2.24) is 15.0 Å². The fourth-order valence-corrected chi connectivity index (χ4v) is 12.6. The van der Waals surface area contributed by atoms with Crippen molar-refractivity contribution in [2.24, 2.45) is 10.8 Å². The van der Waals surface area contributed by atoms with E-state index < -0.39 is 11.0 Å². The molecule has 1 spiro atoms. The molecule has 12 rings (SSSR count). The van der Waals surface area contributed by atoms with E-state index in [-0.39, 0.29) is 16.6 Å². The summed E-state index contributed by atoms with van der Waals surface area (Å²) in [5.41, 5.74) is 10.3. The molecular formula is C60H53FN4O2. The van der Waals surface area contributed by atoms with Gasteiger partial charge in [-0.3, -0.25) is 0 Å². The van der Waals surface area contributed by atoms with E-state index in [2.05, 4.69) is 118 Å². The van der Waals surface area contributed by atoms with Crippen LogP contribution in [0.15, 0.2) is 158 Å². The van der Waals surface area contributed by atoms with Gasteiger partial charge in [-0.15, -0.1) is 0 Å². The smallest absolute Gasteiger partial charge is 0.178 e. The van der Waals surface area contributed by atoms with Crippen LogP contribution in [0.4, 0.5) is 10.1 Å². The molecule has 1 atom stereocenters. The van der Waals surface area contributed by atoms with Crippen molar-refractivity contribution < 1.29 is 13.9 Å². The fourth-order valence-electron chi connectivity index (χ4n) is 12.6. The Balaban J connectivity index is 1.05. The largest absolute Gasteiger partial charge is 0.472 e. The highest BCUT2D eigenvalue weighted by Crippen LogP contribution is 2.67. The summed E-state index contributed by atoms with van der Waals surface area (Å²) in [7, 11) is 0. The second-order valence-electron chi connectivity index (χ2n) is 20.6. The zero-order chi connectivity index (χ0) is 45.5. The summed E-state index contributed by atoms with van der Waals surface area (Å²) in [4.78, 5) is 17.4. The Kier molecular flexibility index (Phi) is 9.63. The molecule has 1 aromatic heterocycles. The van der Waals surface area contributed by atoms with Gasteiger partial charge in [0.1, 0.15) is 11.6 Å². The molecule has 2 aliphatic heterocycles. The minimum atomic E-state index is -1.01. The molecule has 1 unspecified atom stereocenters. The lowest BCUT2D eigenvalue weighted by atomic mass is 9.52. The van der Waals surface area contributed by atoms with E-state index >= 15 is 4.39 Å². The summed E-state index contributed by atoms with van der Waals surface area (Å²) >= 11 is 0. The molecule has 67 heavy (non-hydrogen) atoms. The SMILES string of the molecule is CC1(C)CC(C)(C)CC2(C1)c1cc(F)ccc1-c1c2c2c(c3ccccc13)OC(c1ccc(-c3nc(-c4ccccc4)nc(-c4ccccc4)n3)cc1)(c1ccc(N3CCOCC3)cc1)C=C2. The maximum Gasteiger partial charge on any atom is 0.178 e. The quantitative estimate of drug-likeness (QED) is 0.166. The third-order valence-corrected chi connectivity index (χ3v) is 14.7. The molecule has 4 aliphatic rings. The Morgan fingerprint density at radius 1 is 0.567 bits per heavy atom. The van der Waals surface area contributed by atoms with Crippen LogP contribution in [0, 0.1) is 16.6 Å². The van der Waals surface area contributed by atoms with Crippen LogP contribution in [-0.4, -0.2) is 41.3 Å². The normalized spacial score (nSPS) is 19.7. The van der Waals surface area contributed by atoms with Crippen LogP contribution < -0.4 is 9.64 Å². The zero-order valence-corrected chi connectivity index (χ0v) is 38.5. The number of fused-ring (bicyclic) bond motifs is 10. The van der Waals surface area contributed by atoms with Crippen molar-refractivity contribution in [3.63, 3.8) is 0 Å². The van der Waals surface area contributed by atoms with Gasteiger partial charge in [0.25, 0.3) is 0 Å². The van der Waals surface area contributed by atoms with E-state index in [9.17, 15) is 0 Å². The summed E-state index contributed by atoms with van der Waals surface area (Å²) in [6.07, 6.45) is 7.52. The van der Waals surface area contributed by atoms with Gasteiger partial charge in [0.05, 0.1) is 13.2 Å². The van der Waals surface area contributed by atoms with E-state index in [4.69, 9.17) is 24.4 Å². The minimum Gasteiger partial charge on any atom is -0.472 e. The number of hydrogen-bond acceptors (Lipinski definition) is 6. The molecule has 0 N–H and O–H groups in total. The molecule has 1 saturated carbocycles. The summed E-state index contributed by atoms with van der Waals surface area (Å²) in [5, 5.41) is 2.17. The summed E-state index contributed by atoms with van der Waals surface area (Å²) in [6, 6.07) is 51.7. The number of halogens is 1. The molecule has 6 nitrogen and oxygen atoms in total. The zero-order valence-electron chi connectivity index (χ0n) is 38.5. The summed E-state index contributed by atoms with van der Waals surface area (Å²) in [6.45, 7) is 12.7. The van der Waals surface area contributed by atoms with Gasteiger partial charge >= 0.3 is 0 Å². The van der Waals surface area contributed by atoms with Crippen LogP contribution in [0.1, 0.15) is 74.8 Å². The number of nitrogens with zero attached hydrogens (tertiary/aromatic N) is 4. The van der Waals surface area contributed by atoms with Gasteiger partial charge in [-0.1, -0.05) is 161 Å². The molecule has 7 aromatic carbocycles. The van der Waals surface area contributed by atoms with Gasteiger partial charge in [0.15, 0.2) is 23.1 Å². The molecular weight excluding hydrogens is 828 g/mol. The van der Waals surface area contributed by atoms with Gasteiger partial charge in [-0.2, -0.15) is 0 Å². The van der Waals surface area contributed by atoms with E-state index in [1.54, 1.807) is 6.07 Å². The topological polar surface area (TPSA) is 60.4 Å². The lowest BCUT2D eigenvalue weighted by molar-refractivity contribution is 0.0640. The van der Waals surface area contributed by atoms with Gasteiger partial charge in [0, 0.05) is 63.0 Å². The molecule has 3 heterocycles. The molecule has 0 radical (unpaired) electrons. The van der Waals surface area contributed by atoms with Crippen LogP contribution in [0.2, 0.25) is 0 Å². The lowest BCUT2D eigenvalue weighted by Gasteiger charge is -2.52. The van der Waals surface area contributed by atoms with Crippen molar-refractivity contribution in [2.45, 2.75) is 58.0 Å². The monoisotopic (exact) mass is 880 g/mol. The summed E-state index contributed by atoms with van der Waals surface area (Å²) < 4.78 is 29.2. The number of rotatable bonds is 6. The first-order valence-corrected chi connectivity index (χ1v) is 23.7. The summed E-state index contributed by atoms with van der Waals surface area (Å²) in [5.74, 6) is 2.49. The Bertz CT molecular complexity index is 3160. The van der Waals surface area contributed by atoms with Crippen molar-refractivity contribution in [1.29, 1.82) is 0 Å². The number of aromatic nitrogens is 3. The second kappa shape index (κ2) is 15.6. The van der Waals surface area contributed by atoms with E-state index in [0.717, 1.165) is 99.1 Å². The Hall–Kier alpha value is -6.96. The first-order chi connectivity index (χ1) is 32.5. The highest BCUT2D eigenvalue weighted by Gasteiger charge is 2.55. The predicted molar refractivity (Wildman–Crippen MR) is 268 cm³/mol. The van der Waals surface area contributed by atoms with Crippen LogP contribution in [-0.2, 0) is 15.8 Å². The van der Waals surface area contributed by atoms with E-state index in [1.165, 1.54) is 11.1 Å². The molecule has 1 saturated heterocycles. The standard InChI is InChI=1S/C60H53FN4O2/c1-57(2)36-58(3,4)38-59(37-57)50-35-44(61)25-28-48(50)51-46-17-11-12-18-47(46)53-49(52(51)59)29-30-60(67-53,43-23-26-45(27-24-43)65-31-33-66-34-32-65)42-21-19-41(20-22-42)56-63-54(39-13-7-5-8-14-39)62-55(64-56)40-15-9-6-10-16-40/h5-30,35H,31-34,36-38H2,1-4H3. The van der Waals surface area contributed by atoms with Gasteiger partial charge in [0.2, 0.25) is 0 Å². The maximum atomic E-state index is 15.7. The fraction of sp³-hybridized carbons (Fsp3) is 0.250. The molecule has 332 valence electrons. The van der Waals surface area contributed by atoms with Crippen molar-refractivity contribution >= 4 is 22.5 Å². The number of morpholine rings is 1. The second-order valence-corrected chi connectivity index (χ2v) is 20.6. The molecule has 0 bridgehead atoms. The molecule has 8 aromatic rings. The molecule has 7 heteroatoms. The predicted octanol–water partition coefficient (Wildman–Crippen LogP) is 13.9. The van der Waals surface area contributed by atoms with Crippen LogP contribution >= 0.6 is 0 Å². The average Bonchev–Trinajstić information content (AvgIpc) is 3.60. The highest BCUT2D eigenvalue weighted by atomic mass is 19.1. The number of anilines is 1. The van der Waals surface area contributed by atoms with Gasteiger partial charge in [-0.25, -0.2) is 19.3 Å². The van der Waals surface area contributed by atoms with Gasteiger partial charge in [-0.05, 0) is 88.1 Å². The van der Waals surface area contributed by atoms with E-state index in [1.807, 2.05) is 72.8 Å². The minimum absolute atomic E-state index is 0.0146. The molecule has 2 aliphatic carbocycles. The third kappa shape index (κ3) is 6.97. The first-order valence-electron chi connectivity index (χ1n) is 23.7. The van der Waals surface area contributed by atoms with Crippen molar-refractivity contribution in [2.75, 3.05) is 31.2 Å². The van der Waals surface area contributed by atoms with Crippen LogP contribution in [0.25, 0.3) is 62.1 Å². The molecule has 2 fully saturated rings. The van der Waals surface area contributed by atoms with Crippen LogP contribution in [0.5, 0.6) is 5.75 Å². The van der Waals surface area contributed by atoms with Crippen molar-refractivity contribution in [3.05, 3.63) is 191 Å². The Morgan fingerprint density at radius 2 is 1.10 bits per heavy atom. The van der Waals surface area contributed by atoms with Crippen molar-refractivity contribution in [3.8, 4) is 51.0 Å². The Labute approximate surface area is 392 Å². The van der Waals surface area contributed by atoms with Crippen LogP contribution in [0.3, 0.4) is 0 Å². The number of hydrogen-bond donors (Lipinski definition) is 0. The number of benzene rings is 7. The third-order valence-electron chi connectivity index (χ3n) is 14.7. The maximum absolute atomic E-state index is 15.7. The lowest BCUT2D eigenvalue weighted by Crippen LogP contribution is -2.44. The highest BCUT2D eigenvalue weighted by molar-refractivity contribution is 6.08. The Morgan fingerprint density at radius 3 is 1.70 bits per heavy atom. The average molecular weight is 881 g/mol.